The van der Waals surface area contributed by atoms with E-state index in [1.54, 1.807) is 6.92 Å². The molecule has 6 heteroatoms. The number of hydrogen-bond donors (Lipinski definition) is 1. The molecular weight excluding hydrogens is 274 g/mol. The summed E-state index contributed by atoms with van der Waals surface area (Å²) in [5, 5.41) is 9.37. The molecule has 21 heavy (non-hydrogen) atoms. The number of likely N-dealkylation sites (tertiary alicyclic amines) is 1. The van der Waals surface area contributed by atoms with Crippen molar-refractivity contribution in [3.8, 4) is 5.75 Å². The minimum absolute atomic E-state index is 0.0315. The molecule has 0 aromatic heterocycles. The minimum Gasteiger partial charge on any atom is -0.508 e. The van der Waals surface area contributed by atoms with Crippen LogP contribution in [0.4, 0.5) is 0 Å². The predicted octanol–water partition coefficient (Wildman–Crippen LogP) is 1.32. The Kier molecular flexibility index (Phi) is 3.97. The van der Waals surface area contributed by atoms with Crippen LogP contribution in [0.15, 0.2) is 24.3 Å². The fraction of sp³-hybridized carbons (Fsp3) is 0.400. The van der Waals surface area contributed by atoms with Gasteiger partial charge in [-0.15, -0.1) is 0 Å². The summed E-state index contributed by atoms with van der Waals surface area (Å²) >= 11 is 0. The van der Waals surface area contributed by atoms with Gasteiger partial charge in [0.1, 0.15) is 5.75 Å². The largest absolute Gasteiger partial charge is 0.508 e. The average Bonchev–Trinajstić information content (AvgIpc) is 2.79. The number of benzene rings is 1. The third-order valence-corrected chi connectivity index (χ3v) is 3.60. The Morgan fingerprint density at radius 3 is 2.24 bits per heavy atom. The number of hydrogen-bond acceptors (Lipinski definition) is 5. The number of carbonyl (C=O) groups is 3. The van der Waals surface area contributed by atoms with Gasteiger partial charge in [0.25, 0.3) is 0 Å². The van der Waals surface area contributed by atoms with Crippen molar-refractivity contribution >= 4 is 17.8 Å². The summed E-state index contributed by atoms with van der Waals surface area (Å²) in [6.45, 7) is 3.28. The molecule has 0 bridgehead atoms. The molecule has 1 aliphatic heterocycles. The van der Waals surface area contributed by atoms with Gasteiger partial charge in [0.2, 0.25) is 11.8 Å². The number of ether oxygens (including phenoxy) is 1. The molecule has 1 fully saturated rings. The molecule has 0 radical (unpaired) electrons. The second kappa shape index (κ2) is 5.55. The van der Waals surface area contributed by atoms with Crippen molar-refractivity contribution in [1.29, 1.82) is 0 Å². The average molecular weight is 291 g/mol. The smallest absolute Gasteiger partial charge is 0.336 e. The van der Waals surface area contributed by atoms with Crippen LogP contribution in [0.2, 0.25) is 0 Å². The molecule has 1 unspecified atom stereocenters. The molecule has 0 saturated carbocycles. The van der Waals surface area contributed by atoms with Gasteiger partial charge < -0.3 is 9.84 Å². The maximum atomic E-state index is 12.4. The molecule has 1 heterocycles. The Morgan fingerprint density at radius 1 is 1.24 bits per heavy atom. The van der Waals surface area contributed by atoms with Gasteiger partial charge in [-0.05, 0) is 31.5 Å². The highest BCUT2D eigenvalue weighted by Gasteiger charge is 2.50. The number of nitrogens with zero attached hydrogens (tertiary/aromatic N) is 1. The highest BCUT2D eigenvalue weighted by Crippen LogP contribution is 2.35. The second-order valence-electron chi connectivity index (χ2n) is 4.96. The Hall–Kier alpha value is -2.37. The van der Waals surface area contributed by atoms with Crippen LogP contribution in [0.5, 0.6) is 5.75 Å². The zero-order valence-corrected chi connectivity index (χ0v) is 12.0. The Labute approximate surface area is 122 Å². The lowest BCUT2D eigenvalue weighted by molar-refractivity contribution is -0.166. The van der Waals surface area contributed by atoms with Crippen molar-refractivity contribution in [1.82, 2.24) is 4.90 Å². The van der Waals surface area contributed by atoms with Gasteiger partial charge in [-0.25, -0.2) is 4.79 Å². The van der Waals surface area contributed by atoms with E-state index in [-0.39, 0.29) is 25.2 Å². The Balaban J connectivity index is 2.53. The van der Waals surface area contributed by atoms with Crippen molar-refractivity contribution in [2.24, 2.45) is 0 Å². The molecule has 1 saturated heterocycles. The van der Waals surface area contributed by atoms with Gasteiger partial charge in [-0.2, -0.15) is 0 Å². The van der Waals surface area contributed by atoms with Crippen molar-refractivity contribution in [2.75, 3.05) is 6.61 Å². The lowest BCUT2D eigenvalue weighted by Crippen LogP contribution is -2.53. The van der Waals surface area contributed by atoms with Crippen LogP contribution >= 0.6 is 0 Å². The van der Waals surface area contributed by atoms with Crippen molar-refractivity contribution in [3.05, 3.63) is 29.8 Å². The number of amides is 2. The first kappa shape index (κ1) is 15.0. The van der Waals surface area contributed by atoms with Crippen LogP contribution in [0.1, 0.15) is 32.3 Å². The summed E-state index contributed by atoms with van der Waals surface area (Å²) in [7, 11) is 0. The van der Waals surface area contributed by atoms with E-state index in [9.17, 15) is 19.5 Å². The third kappa shape index (κ3) is 2.49. The monoisotopic (exact) mass is 291 g/mol. The van der Waals surface area contributed by atoms with Crippen LogP contribution in [-0.2, 0) is 24.7 Å². The summed E-state index contributed by atoms with van der Waals surface area (Å²) in [6.07, 6.45) is 0.178. The van der Waals surface area contributed by atoms with Gasteiger partial charge in [-0.1, -0.05) is 12.1 Å². The van der Waals surface area contributed by atoms with E-state index in [2.05, 4.69) is 0 Å². The molecule has 6 nitrogen and oxygen atoms in total. The predicted molar refractivity (Wildman–Crippen MR) is 73.2 cm³/mol. The highest BCUT2D eigenvalue weighted by atomic mass is 16.5. The van der Waals surface area contributed by atoms with Gasteiger partial charge in [-0.3, -0.25) is 14.5 Å². The summed E-state index contributed by atoms with van der Waals surface area (Å²) in [5.41, 5.74) is -1.10. The Morgan fingerprint density at radius 2 is 1.76 bits per heavy atom. The van der Waals surface area contributed by atoms with E-state index >= 15 is 0 Å². The molecule has 112 valence electrons. The minimum atomic E-state index is -1.52. The molecule has 1 aromatic rings. The maximum Gasteiger partial charge on any atom is 0.336 e. The van der Waals surface area contributed by atoms with Crippen LogP contribution in [-0.4, -0.2) is 34.4 Å². The van der Waals surface area contributed by atoms with Crippen LogP contribution in [0.25, 0.3) is 0 Å². The second-order valence-corrected chi connectivity index (χ2v) is 4.96. The highest BCUT2D eigenvalue weighted by molar-refractivity contribution is 6.06. The van der Waals surface area contributed by atoms with E-state index in [0.29, 0.717) is 5.56 Å². The molecule has 1 N–H and O–H groups in total. The van der Waals surface area contributed by atoms with Gasteiger partial charge in [0.15, 0.2) is 5.54 Å². The molecule has 1 aliphatic rings. The van der Waals surface area contributed by atoms with Crippen LogP contribution in [0.3, 0.4) is 0 Å². The number of imide groups is 1. The number of carbonyl (C=O) groups excluding carboxylic acids is 3. The molecule has 0 spiro atoms. The quantitative estimate of drug-likeness (QED) is 0.668. The van der Waals surface area contributed by atoms with Crippen LogP contribution in [0, 0.1) is 0 Å². The number of aromatic hydroxyl groups is 1. The fourth-order valence-electron chi connectivity index (χ4n) is 2.47. The fourth-order valence-corrected chi connectivity index (χ4v) is 2.47. The third-order valence-electron chi connectivity index (χ3n) is 3.60. The number of rotatable bonds is 4. The topological polar surface area (TPSA) is 83.9 Å². The summed E-state index contributed by atoms with van der Waals surface area (Å²) in [6, 6.07) is 5.81. The first-order valence-corrected chi connectivity index (χ1v) is 6.74. The standard InChI is InChI=1S/C15H17NO5/c1-3-21-14(20)15(2,10-4-6-11(17)7-5-10)16-12(18)8-9-13(16)19/h4-7,17H,3,8-9H2,1-2H3. The molecular formula is C15H17NO5. The summed E-state index contributed by atoms with van der Waals surface area (Å²) < 4.78 is 5.05. The van der Waals surface area contributed by atoms with E-state index in [1.165, 1.54) is 31.2 Å². The summed E-state index contributed by atoms with van der Waals surface area (Å²) in [4.78, 5) is 37.4. The van der Waals surface area contributed by atoms with Gasteiger partial charge in [0, 0.05) is 12.8 Å². The number of esters is 1. The van der Waals surface area contributed by atoms with E-state index < -0.39 is 23.3 Å². The van der Waals surface area contributed by atoms with E-state index in [1.807, 2.05) is 0 Å². The van der Waals surface area contributed by atoms with E-state index in [0.717, 1.165) is 4.90 Å². The van der Waals surface area contributed by atoms with Crippen molar-refractivity contribution in [2.45, 2.75) is 32.2 Å². The lowest BCUT2D eigenvalue weighted by atomic mass is 9.90. The molecule has 2 rings (SSSR count). The maximum absolute atomic E-state index is 12.4. The normalized spacial score (nSPS) is 17.7. The molecule has 0 aliphatic carbocycles. The number of phenolic OH excluding ortho intramolecular Hbond substituents is 1. The first-order valence-electron chi connectivity index (χ1n) is 6.74. The van der Waals surface area contributed by atoms with Crippen LogP contribution < -0.4 is 0 Å². The molecule has 1 aromatic carbocycles. The van der Waals surface area contributed by atoms with Crippen molar-refractivity contribution in [3.63, 3.8) is 0 Å². The zero-order chi connectivity index (χ0) is 15.6. The van der Waals surface area contributed by atoms with Gasteiger partial charge in [0.05, 0.1) is 6.61 Å². The Bertz CT molecular complexity index is 564. The van der Waals surface area contributed by atoms with Gasteiger partial charge >= 0.3 is 5.97 Å². The zero-order valence-electron chi connectivity index (χ0n) is 12.0. The van der Waals surface area contributed by atoms with Crippen molar-refractivity contribution < 1.29 is 24.2 Å². The first-order chi connectivity index (χ1) is 9.91. The lowest BCUT2D eigenvalue weighted by Gasteiger charge is -2.35. The SMILES string of the molecule is CCOC(=O)C(C)(c1ccc(O)cc1)N1C(=O)CCC1=O. The summed E-state index contributed by atoms with van der Waals surface area (Å²) in [5.74, 6) is -1.43. The number of phenols is 1. The molecule has 1 atom stereocenters. The van der Waals surface area contributed by atoms with E-state index in [4.69, 9.17) is 4.74 Å². The molecule has 2 amide bonds.